The summed E-state index contributed by atoms with van der Waals surface area (Å²) in [4.78, 5) is 16.4. The summed E-state index contributed by atoms with van der Waals surface area (Å²) >= 11 is 0. The van der Waals surface area contributed by atoms with E-state index in [4.69, 9.17) is 0 Å². The lowest BCUT2D eigenvalue weighted by Gasteiger charge is -2.44. The number of nitrogens with zero attached hydrogens (tertiary/aromatic N) is 2. The second-order valence-corrected chi connectivity index (χ2v) is 10.6. The van der Waals surface area contributed by atoms with Gasteiger partial charge in [-0.15, -0.1) is 0 Å². The van der Waals surface area contributed by atoms with Gasteiger partial charge in [-0.25, -0.2) is 13.1 Å². The molecule has 2 heterocycles. The smallest absolute Gasteiger partial charge is 0.320 e. The number of hydrogen-bond acceptors (Lipinski definition) is 5. The molecule has 2 aromatic rings. The highest BCUT2D eigenvalue weighted by Gasteiger charge is 2.42. The third-order valence-corrected chi connectivity index (χ3v) is 8.06. The Bertz CT molecular complexity index is 1030. The van der Waals surface area contributed by atoms with Crippen LogP contribution in [-0.2, 0) is 21.4 Å². The van der Waals surface area contributed by atoms with E-state index in [1.165, 1.54) is 5.56 Å². The number of benzene rings is 2. The van der Waals surface area contributed by atoms with E-state index in [1.807, 2.05) is 30.0 Å². The number of carboxylic acid groups (broad SMARTS) is 1. The minimum Gasteiger partial charge on any atom is -0.480 e. The lowest BCUT2D eigenvalue weighted by atomic mass is 9.97. The highest BCUT2D eigenvalue weighted by Crippen LogP contribution is 2.28. The third-order valence-electron chi connectivity index (χ3n) is 6.56. The Morgan fingerprint density at radius 1 is 1.06 bits per heavy atom. The fourth-order valence-electron chi connectivity index (χ4n) is 4.89. The first-order valence-corrected chi connectivity index (χ1v) is 12.7. The summed E-state index contributed by atoms with van der Waals surface area (Å²) in [5.74, 6) is -0.831. The fourth-order valence-corrected chi connectivity index (χ4v) is 6.20. The largest absolute Gasteiger partial charge is 0.480 e. The molecule has 2 aliphatic heterocycles. The number of nitrogens with one attached hydrogen (secondary N) is 1. The summed E-state index contributed by atoms with van der Waals surface area (Å²) < 4.78 is 29.1. The maximum Gasteiger partial charge on any atom is 0.320 e. The van der Waals surface area contributed by atoms with Crippen LogP contribution in [0.3, 0.4) is 0 Å². The Kier molecular flexibility index (Phi) is 6.95. The minimum atomic E-state index is -3.70. The van der Waals surface area contributed by atoms with E-state index in [-0.39, 0.29) is 17.0 Å². The van der Waals surface area contributed by atoms with Gasteiger partial charge in [0, 0.05) is 31.7 Å². The molecule has 8 heteroatoms. The Morgan fingerprint density at radius 2 is 1.78 bits per heavy atom. The summed E-state index contributed by atoms with van der Waals surface area (Å²) in [5.41, 5.74) is 2.19. The number of aliphatic carboxylic acids is 1. The summed E-state index contributed by atoms with van der Waals surface area (Å²) in [7, 11) is -3.70. The Balaban J connectivity index is 1.56. The highest BCUT2D eigenvalue weighted by molar-refractivity contribution is 7.89. The fraction of sp³-hybridized carbons (Fsp3) is 0.458. The molecule has 3 atom stereocenters. The molecule has 0 radical (unpaired) electrons. The quantitative estimate of drug-likeness (QED) is 0.664. The molecule has 0 spiro atoms. The van der Waals surface area contributed by atoms with Gasteiger partial charge in [0.15, 0.2) is 0 Å². The zero-order chi connectivity index (χ0) is 22.7. The number of aryl methyl sites for hydroxylation is 1. The van der Waals surface area contributed by atoms with Crippen molar-refractivity contribution in [2.45, 2.75) is 55.8 Å². The number of hydrogen-bond donors (Lipinski definition) is 2. The van der Waals surface area contributed by atoms with Gasteiger partial charge in [0.2, 0.25) is 10.0 Å². The van der Waals surface area contributed by atoms with Crippen LogP contribution in [-0.4, -0.2) is 67.1 Å². The molecule has 32 heavy (non-hydrogen) atoms. The van der Waals surface area contributed by atoms with Crippen LogP contribution in [0.25, 0.3) is 0 Å². The molecule has 172 valence electrons. The van der Waals surface area contributed by atoms with Gasteiger partial charge in [-0.1, -0.05) is 48.0 Å². The number of sulfonamides is 1. The minimum absolute atomic E-state index is 0.198. The van der Waals surface area contributed by atoms with Crippen LogP contribution in [0.4, 0.5) is 0 Å². The van der Waals surface area contributed by atoms with E-state index in [9.17, 15) is 18.3 Å². The van der Waals surface area contributed by atoms with E-state index in [0.29, 0.717) is 25.9 Å². The molecule has 7 nitrogen and oxygen atoms in total. The van der Waals surface area contributed by atoms with Crippen LogP contribution in [0.1, 0.15) is 30.4 Å². The maximum atomic E-state index is 13.1. The number of carboxylic acids is 1. The topological polar surface area (TPSA) is 90.0 Å². The van der Waals surface area contributed by atoms with Gasteiger partial charge in [0.05, 0.1) is 4.90 Å². The normalized spacial score (nSPS) is 25.1. The predicted molar refractivity (Wildman–Crippen MR) is 123 cm³/mol. The molecule has 2 aliphatic rings. The van der Waals surface area contributed by atoms with Gasteiger partial charge < -0.3 is 5.11 Å². The van der Waals surface area contributed by atoms with E-state index < -0.39 is 22.0 Å². The Hall–Kier alpha value is -2.26. The van der Waals surface area contributed by atoms with Crippen LogP contribution in [0, 0.1) is 6.92 Å². The van der Waals surface area contributed by atoms with Gasteiger partial charge in [-0.2, -0.15) is 0 Å². The average Bonchev–Trinajstić information content (AvgIpc) is 3.26. The molecule has 2 fully saturated rings. The molecule has 0 saturated carbocycles. The molecule has 2 N–H and O–H groups in total. The SMILES string of the molecule is Cc1ccc(S(=O)(=O)NC2CCN(Cc3ccccc3)CC2N2CCCC2C(=O)O)cc1. The summed E-state index contributed by atoms with van der Waals surface area (Å²) in [6.45, 7) is 4.73. The number of rotatable bonds is 7. The molecule has 2 saturated heterocycles. The monoisotopic (exact) mass is 457 g/mol. The van der Waals surface area contributed by atoms with E-state index in [1.54, 1.807) is 24.3 Å². The van der Waals surface area contributed by atoms with E-state index in [2.05, 4.69) is 21.8 Å². The van der Waals surface area contributed by atoms with Gasteiger partial charge in [0.25, 0.3) is 0 Å². The van der Waals surface area contributed by atoms with Gasteiger partial charge in [0.1, 0.15) is 6.04 Å². The molecule has 3 unspecified atom stereocenters. The van der Waals surface area contributed by atoms with Crippen molar-refractivity contribution < 1.29 is 18.3 Å². The zero-order valence-electron chi connectivity index (χ0n) is 18.4. The molecular weight excluding hydrogens is 426 g/mol. The van der Waals surface area contributed by atoms with Crippen molar-refractivity contribution in [1.82, 2.24) is 14.5 Å². The second kappa shape index (κ2) is 9.70. The Morgan fingerprint density at radius 3 is 2.47 bits per heavy atom. The number of carbonyl (C=O) groups is 1. The van der Waals surface area contributed by atoms with Crippen LogP contribution in [0.5, 0.6) is 0 Å². The van der Waals surface area contributed by atoms with Crippen molar-refractivity contribution in [2.24, 2.45) is 0 Å². The van der Waals surface area contributed by atoms with Crippen LogP contribution in [0.15, 0.2) is 59.5 Å². The van der Waals surface area contributed by atoms with E-state index in [0.717, 1.165) is 25.1 Å². The van der Waals surface area contributed by atoms with Crippen molar-refractivity contribution in [1.29, 1.82) is 0 Å². The number of likely N-dealkylation sites (tertiary alicyclic amines) is 2. The third kappa shape index (κ3) is 5.20. The lowest BCUT2D eigenvalue weighted by molar-refractivity contribution is -0.143. The molecule has 0 bridgehead atoms. The van der Waals surface area contributed by atoms with Crippen LogP contribution in [0.2, 0.25) is 0 Å². The molecule has 2 aromatic carbocycles. The first-order chi connectivity index (χ1) is 15.3. The summed E-state index contributed by atoms with van der Waals surface area (Å²) in [5, 5.41) is 9.74. The predicted octanol–water partition coefficient (Wildman–Crippen LogP) is 2.47. The van der Waals surface area contributed by atoms with E-state index >= 15 is 0 Å². The Labute approximate surface area is 190 Å². The second-order valence-electron chi connectivity index (χ2n) is 8.85. The van der Waals surface area contributed by atoms with Crippen molar-refractivity contribution in [3.63, 3.8) is 0 Å². The summed E-state index contributed by atoms with van der Waals surface area (Å²) in [6, 6.07) is 15.9. The summed E-state index contributed by atoms with van der Waals surface area (Å²) in [6.07, 6.45) is 2.04. The van der Waals surface area contributed by atoms with Crippen molar-refractivity contribution >= 4 is 16.0 Å². The number of piperidine rings is 1. The van der Waals surface area contributed by atoms with Gasteiger partial charge in [-0.05, 0) is 50.4 Å². The van der Waals surface area contributed by atoms with Crippen LogP contribution >= 0.6 is 0 Å². The average molecular weight is 458 g/mol. The highest BCUT2D eigenvalue weighted by atomic mass is 32.2. The first kappa shape index (κ1) is 22.9. The standard InChI is InChI=1S/C24H31N3O4S/c1-18-9-11-20(12-10-18)32(30,31)25-21-13-15-26(16-19-6-3-2-4-7-19)17-23(21)27-14-5-8-22(27)24(28)29/h2-4,6-7,9-12,21-23,25H,5,8,13-17H2,1H3,(H,28,29). The molecule has 0 aliphatic carbocycles. The molecular formula is C24H31N3O4S. The lowest BCUT2D eigenvalue weighted by Crippen LogP contribution is -2.62. The zero-order valence-corrected chi connectivity index (χ0v) is 19.2. The molecule has 0 amide bonds. The first-order valence-electron chi connectivity index (χ1n) is 11.2. The maximum absolute atomic E-state index is 13.1. The molecule has 4 rings (SSSR count). The van der Waals surface area contributed by atoms with Crippen molar-refractivity contribution in [3.05, 3.63) is 65.7 Å². The van der Waals surface area contributed by atoms with Gasteiger partial charge >= 0.3 is 5.97 Å². The molecule has 0 aromatic heterocycles. The van der Waals surface area contributed by atoms with Crippen molar-refractivity contribution in [3.8, 4) is 0 Å². The van der Waals surface area contributed by atoms with Crippen molar-refractivity contribution in [2.75, 3.05) is 19.6 Å². The van der Waals surface area contributed by atoms with Crippen LogP contribution < -0.4 is 4.72 Å². The van der Waals surface area contributed by atoms with Gasteiger partial charge in [-0.3, -0.25) is 14.6 Å².